The van der Waals surface area contributed by atoms with Gasteiger partial charge in [-0.15, -0.1) is 0 Å². The van der Waals surface area contributed by atoms with E-state index in [1.165, 1.54) is 6.07 Å². The molecular weight excluding hydrogens is 248 g/mol. The van der Waals surface area contributed by atoms with Crippen LogP contribution in [0.4, 0.5) is 14.5 Å². The monoisotopic (exact) mass is 259 g/mol. The Morgan fingerprint density at radius 2 is 1.84 bits per heavy atom. The Hall–Kier alpha value is -2.43. The average Bonchev–Trinajstić information content (AvgIpc) is 2.72. The van der Waals surface area contributed by atoms with Crippen LogP contribution in [0.15, 0.2) is 36.4 Å². The smallest absolute Gasteiger partial charge is 0.149 e. The molecule has 2 aromatic carbocycles. The molecule has 0 amide bonds. The summed E-state index contributed by atoms with van der Waals surface area (Å²) in [7, 11) is 1.78. The molecule has 0 aliphatic heterocycles. The van der Waals surface area contributed by atoms with Crippen molar-refractivity contribution in [2.75, 3.05) is 5.73 Å². The maximum absolute atomic E-state index is 13.9. The summed E-state index contributed by atoms with van der Waals surface area (Å²) in [5.74, 6) is -1.02. The largest absolute Gasteiger partial charge is 0.396 e. The van der Waals surface area contributed by atoms with E-state index < -0.39 is 11.6 Å². The zero-order chi connectivity index (χ0) is 13.6. The van der Waals surface area contributed by atoms with Gasteiger partial charge in [0.1, 0.15) is 17.5 Å². The molecule has 0 saturated carbocycles. The Kier molecular flexibility index (Phi) is 2.48. The van der Waals surface area contributed by atoms with Crippen molar-refractivity contribution in [1.82, 2.24) is 9.55 Å². The van der Waals surface area contributed by atoms with Crippen LogP contribution in [-0.2, 0) is 7.05 Å². The number of nitrogens with zero attached hydrogens (tertiary/aromatic N) is 2. The highest BCUT2D eigenvalue weighted by molar-refractivity contribution is 5.81. The molecule has 5 heteroatoms. The lowest BCUT2D eigenvalue weighted by Gasteiger charge is -2.06. The molecular formula is C14H11F2N3. The number of anilines is 1. The highest BCUT2D eigenvalue weighted by Crippen LogP contribution is 2.28. The molecule has 0 unspecified atom stereocenters. The van der Waals surface area contributed by atoms with Crippen LogP contribution >= 0.6 is 0 Å². The number of aryl methyl sites for hydroxylation is 1. The standard InChI is InChI=1S/C14H11F2N3/c1-19-13-5-3-2-4-12(13)18-14(19)8-6-11(17)10(16)7-9(8)15/h2-7H,17H2,1H3. The Morgan fingerprint density at radius 1 is 1.11 bits per heavy atom. The number of rotatable bonds is 1. The quantitative estimate of drug-likeness (QED) is 0.682. The minimum Gasteiger partial charge on any atom is -0.396 e. The minimum absolute atomic E-state index is 0.0940. The summed E-state index contributed by atoms with van der Waals surface area (Å²) in [4.78, 5) is 4.36. The third-order valence-electron chi connectivity index (χ3n) is 3.11. The van der Waals surface area contributed by atoms with E-state index in [0.29, 0.717) is 5.82 Å². The van der Waals surface area contributed by atoms with Crippen LogP contribution in [0.5, 0.6) is 0 Å². The number of para-hydroxylation sites is 2. The van der Waals surface area contributed by atoms with E-state index in [1.54, 1.807) is 11.6 Å². The van der Waals surface area contributed by atoms with E-state index in [-0.39, 0.29) is 11.3 Å². The van der Waals surface area contributed by atoms with E-state index in [9.17, 15) is 8.78 Å². The molecule has 0 bridgehead atoms. The molecule has 19 heavy (non-hydrogen) atoms. The summed E-state index contributed by atoms with van der Waals surface area (Å²) in [5, 5.41) is 0. The minimum atomic E-state index is -0.764. The van der Waals surface area contributed by atoms with Crippen molar-refractivity contribution in [3.63, 3.8) is 0 Å². The summed E-state index contributed by atoms with van der Waals surface area (Å²) < 4.78 is 28.8. The maximum atomic E-state index is 13.9. The van der Waals surface area contributed by atoms with Crippen molar-refractivity contribution in [1.29, 1.82) is 0 Å². The second-order valence-electron chi connectivity index (χ2n) is 4.34. The second kappa shape index (κ2) is 4.05. The lowest BCUT2D eigenvalue weighted by molar-refractivity contribution is 0.587. The number of aromatic nitrogens is 2. The molecule has 3 nitrogen and oxygen atoms in total. The molecule has 0 radical (unpaired) electrons. The lowest BCUT2D eigenvalue weighted by atomic mass is 10.1. The highest BCUT2D eigenvalue weighted by atomic mass is 19.1. The van der Waals surface area contributed by atoms with Crippen LogP contribution in [0.2, 0.25) is 0 Å². The first-order chi connectivity index (χ1) is 9.08. The number of halogens is 2. The van der Waals surface area contributed by atoms with Gasteiger partial charge in [0.2, 0.25) is 0 Å². The number of benzene rings is 2. The molecule has 3 aromatic rings. The van der Waals surface area contributed by atoms with Gasteiger partial charge in [-0.25, -0.2) is 13.8 Å². The molecule has 2 N–H and O–H groups in total. The zero-order valence-electron chi connectivity index (χ0n) is 10.2. The topological polar surface area (TPSA) is 43.8 Å². The number of nitrogen functional groups attached to an aromatic ring is 1. The molecule has 0 aliphatic carbocycles. The maximum Gasteiger partial charge on any atom is 0.149 e. The highest BCUT2D eigenvalue weighted by Gasteiger charge is 2.15. The first-order valence-corrected chi connectivity index (χ1v) is 5.74. The van der Waals surface area contributed by atoms with Crippen molar-refractivity contribution in [3.05, 3.63) is 48.0 Å². The fourth-order valence-electron chi connectivity index (χ4n) is 2.12. The third kappa shape index (κ3) is 1.74. The summed E-state index contributed by atoms with van der Waals surface area (Å²) >= 11 is 0. The third-order valence-corrected chi connectivity index (χ3v) is 3.11. The SMILES string of the molecule is Cn1c(-c2cc(N)c(F)cc2F)nc2ccccc21. The van der Waals surface area contributed by atoms with Crippen molar-refractivity contribution in [2.24, 2.45) is 7.05 Å². The Labute approximate surface area is 108 Å². The molecule has 0 spiro atoms. The Balaban J connectivity index is 2.30. The Bertz CT molecular complexity index is 778. The Morgan fingerprint density at radius 3 is 2.58 bits per heavy atom. The van der Waals surface area contributed by atoms with E-state index in [2.05, 4.69) is 4.98 Å². The molecule has 0 fully saturated rings. The van der Waals surface area contributed by atoms with Crippen molar-refractivity contribution in [2.45, 2.75) is 0 Å². The van der Waals surface area contributed by atoms with E-state index in [0.717, 1.165) is 17.1 Å². The van der Waals surface area contributed by atoms with Crippen molar-refractivity contribution >= 4 is 16.7 Å². The van der Waals surface area contributed by atoms with Crippen LogP contribution in [0, 0.1) is 11.6 Å². The van der Waals surface area contributed by atoms with Gasteiger partial charge in [0.05, 0.1) is 22.3 Å². The van der Waals surface area contributed by atoms with Gasteiger partial charge in [-0.1, -0.05) is 12.1 Å². The molecule has 1 aromatic heterocycles. The predicted molar refractivity (Wildman–Crippen MR) is 70.5 cm³/mol. The predicted octanol–water partition coefficient (Wildman–Crippen LogP) is 3.10. The first-order valence-electron chi connectivity index (χ1n) is 5.74. The summed E-state index contributed by atoms with van der Waals surface area (Å²) in [6, 6.07) is 9.51. The van der Waals surface area contributed by atoms with E-state index in [4.69, 9.17) is 5.73 Å². The zero-order valence-corrected chi connectivity index (χ0v) is 10.2. The van der Waals surface area contributed by atoms with Crippen molar-refractivity contribution < 1.29 is 8.78 Å². The molecule has 0 saturated heterocycles. The van der Waals surface area contributed by atoms with Gasteiger partial charge in [-0.05, 0) is 18.2 Å². The number of hydrogen-bond acceptors (Lipinski definition) is 2. The van der Waals surface area contributed by atoms with Crippen LogP contribution in [0.3, 0.4) is 0 Å². The van der Waals surface area contributed by atoms with Gasteiger partial charge in [0, 0.05) is 13.1 Å². The molecule has 1 heterocycles. The van der Waals surface area contributed by atoms with E-state index >= 15 is 0 Å². The van der Waals surface area contributed by atoms with Gasteiger partial charge >= 0.3 is 0 Å². The van der Waals surface area contributed by atoms with Crippen molar-refractivity contribution in [3.8, 4) is 11.4 Å². The van der Waals surface area contributed by atoms with Gasteiger partial charge in [-0.2, -0.15) is 0 Å². The fourth-order valence-corrected chi connectivity index (χ4v) is 2.12. The lowest BCUT2D eigenvalue weighted by Crippen LogP contribution is -1.99. The number of fused-ring (bicyclic) bond motifs is 1. The van der Waals surface area contributed by atoms with Crippen LogP contribution in [0.1, 0.15) is 0 Å². The average molecular weight is 259 g/mol. The summed E-state index contributed by atoms with van der Waals surface area (Å²) in [5.41, 5.74) is 7.22. The van der Waals surface area contributed by atoms with Crippen LogP contribution in [-0.4, -0.2) is 9.55 Å². The fraction of sp³-hybridized carbons (Fsp3) is 0.0714. The summed E-state index contributed by atoms with van der Waals surface area (Å²) in [6.45, 7) is 0. The molecule has 96 valence electrons. The van der Waals surface area contributed by atoms with Gasteiger partial charge in [0.15, 0.2) is 0 Å². The van der Waals surface area contributed by atoms with Crippen LogP contribution in [0.25, 0.3) is 22.4 Å². The number of hydrogen-bond donors (Lipinski definition) is 1. The normalized spacial score (nSPS) is 11.1. The summed E-state index contributed by atoms with van der Waals surface area (Å²) in [6.07, 6.45) is 0. The first kappa shape index (κ1) is 11.6. The van der Waals surface area contributed by atoms with Crippen LogP contribution < -0.4 is 5.73 Å². The molecule has 3 rings (SSSR count). The number of imidazole rings is 1. The van der Waals surface area contributed by atoms with Gasteiger partial charge in [0.25, 0.3) is 0 Å². The van der Waals surface area contributed by atoms with Gasteiger partial charge < -0.3 is 10.3 Å². The van der Waals surface area contributed by atoms with Gasteiger partial charge in [-0.3, -0.25) is 0 Å². The number of nitrogens with two attached hydrogens (primary N) is 1. The molecule has 0 atom stereocenters. The second-order valence-corrected chi connectivity index (χ2v) is 4.34. The van der Waals surface area contributed by atoms with E-state index in [1.807, 2.05) is 24.3 Å². The molecule has 0 aliphatic rings.